The Bertz CT molecular complexity index is 1080. The number of carbonyl (C=O) groups excluding carboxylic acids is 3. The third kappa shape index (κ3) is 4.82. The van der Waals surface area contributed by atoms with Crippen molar-refractivity contribution in [3.63, 3.8) is 0 Å². The normalized spacial score (nSPS) is 28.8. The second-order valence-corrected chi connectivity index (χ2v) is 10.9. The molecule has 39 heavy (non-hydrogen) atoms. The average molecular weight is 538 g/mol. The van der Waals surface area contributed by atoms with Gasteiger partial charge in [0.05, 0.1) is 17.4 Å². The number of para-hydroxylation sites is 1. The lowest BCUT2D eigenvalue weighted by Gasteiger charge is -2.37. The van der Waals surface area contributed by atoms with Crippen LogP contribution < -0.4 is 4.90 Å². The minimum atomic E-state index is -1.08. The van der Waals surface area contributed by atoms with Gasteiger partial charge in [-0.15, -0.1) is 13.2 Å². The van der Waals surface area contributed by atoms with Crippen molar-refractivity contribution in [2.24, 2.45) is 11.8 Å². The number of fused-ring (bicyclic) bond motifs is 1. The number of amides is 3. The maximum absolute atomic E-state index is 14.4. The Kier molecular flexibility index (Phi) is 8.96. The minimum absolute atomic E-state index is 0.0994. The van der Waals surface area contributed by atoms with Crippen molar-refractivity contribution in [2.45, 2.75) is 69.6 Å². The molecule has 2 unspecified atom stereocenters. The number of hydrogen-bond donors (Lipinski definition) is 1. The smallest absolute Gasteiger partial charge is 0.248 e. The largest absolute Gasteiger partial charge is 0.396 e. The number of nitrogens with zero attached hydrogens (tertiary/aromatic N) is 3. The van der Waals surface area contributed by atoms with Gasteiger partial charge in [0.2, 0.25) is 17.7 Å². The zero-order valence-electron chi connectivity index (χ0n) is 23.4. The molecule has 3 amide bonds. The molecule has 212 valence electrons. The number of unbranched alkanes of at least 4 members (excludes halogenated alkanes) is 1. The molecule has 8 nitrogen and oxygen atoms in total. The first kappa shape index (κ1) is 29.0. The van der Waals surface area contributed by atoms with Gasteiger partial charge in [-0.05, 0) is 44.2 Å². The van der Waals surface area contributed by atoms with Crippen LogP contribution in [0.15, 0.2) is 55.6 Å². The van der Waals surface area contributed by atoms with Crippen LogP contribution in [0.5, 0.6) is 0 Å². The van der Waals surface area contributed by atoms with Crippen molar-refractivity contribution in [3.8, 4) is 0 Å². The Morgan fingerprint density at radius 2 is 1.82 bits per heavy atom. The number of anilines is 1. The fourth-order valence-corrected chi connectivity index (χ4v) is 7.05. The molecule has 3 fully saturated rings. The first-order valence-electron chi connectivity index (χ1n) is 14.3. The first-order chi connectivity index (χ1) is 18.9. The van der Waals surface area contributed by atoms with Gasteiger partial charge in [0, 0.05) is 38.5 Å². The van der Waals surface area contributed by atoms with Crippen molar-refractivity contribution in [1.82, 2.24) is 9.80 Å². The van der Waals surface area contributed by atoms with E-state index < -0.39 is 29.1 Å². The summed E-state index contributed by atoms with van der Waals surface area (Å²) in [5.74, 6) is -2.05. The SMILES string of the molecule is C=CCN(CCCC)C(=O)C1N(CCCO)C(=O)[C@@H]2[C@@H](C(=O)N(CC=C)c3ccccc3)[C@@]3(CC)CCC12O3. The van der Waals surface area contributed by atoms with Crippen molar-refractivity contribution in [2.75, 3.05) is 37.7 Å². The van der Waals surface area contributed by atoms with Gasteiger partial charge in [0.15, 0.2) is 0 Å². The van der Waals surface area contributed by atoms with Gasteiger partial charge in [-0.1, -0.05) is 50.6 Å². The second-order valence-electron chi connectivity index (χ2n) is 10.9. The molecular formula is C31H43N3O5. The van der Waals surface area contributed by atoms with Crippen LogP contribution in [-0.4, -0.2) is 82.7 Å². The molecule has 3 heterocycles. The quantitative estimate of drug-likeness (QED) is 0.367. The standard InChI is InChI=1S/C31H43N3O5/c1-5-9-20-32(18-6-2)29(38)26-31-17-16-30(8-4,39-31)24(25(31)28(37)34(26)21-13-22-35)27(36)33(19-7-3)23-14-11-10-12-15-23/h6-7,10-12,14-15,24-26,35H,2-3,5,8-9,13,16-22H2,1,4H3/t24-,25-,26?,30+,31?/m0/s1. The average Bonchev–Trinajstić information content (AvgIpc) is 3.56. The molecule has 1 N–H and O–H groups in total. The van der Waals surface area contributed by atoms with E-state index in [1.165, 1.54) is 0 Å². The molecule has 1 spiro atoms. The molecule has 0 saturated carbocycles. The molecule has 0 aromatic heterocycles. The zero-order chi connectivity index (χ0) is 28.2. The van der Waals surface area contributed by atoms with Crippen LogP contribution in [0.3, 0.4) is 0 Å². The maximum Gasteiger partial charge on any atom is 0.248 e. The van der Waals surface area contributed by atoms with Crippen LogP contribution in [-0.2, 0) is 19.1 Å². The van der Waals surface area contributed by atoms with Crippen LogP contribution in [0.4, 0.5) is 5.69 Å². The van der Waals surface area contributed by atoms with E-state index in [0.717, 1.165) is 18.5 Å². The third-order valence-electron chi connectivity index (χ3n) is 8.83. The van der Waals surface area contributed by atoms with Gasteiger partial charge in [-0.3, -0.25) is 14.4 Å². The molecule has 0 radical (unpaired) electrons. The first-order valence-corrected chi connectivity index (χ1v) is 14.3. The van der Waals surface area contributed by atoms with E-state index in [1.54, 1.807) is 26.9 Å². The van der Waals surface area contributed by atoms with Crippen molar-refractivity contribution >= 4 is 23.4 Å². The molecule has 2 bridgehead atoms. The van der Waals surface area contributed by atoms with Gasteiger partial charge >= 0.3 is 0 Å². The van der Waals surface area contributed by atoms with E-state index in [4.69, 9.17) is 4.74 Å². The third-order valence-corrected chi connectivity index (χ3v) is 8.83. The Balaban J connectivity index is 1.79. The molecular weight excluding hydrogens is 494 g/mol. The molecule has 0 aliphatic carbocycles. The number of ether oxygens (including phenoxy) is 1. The number of hydrogen-bond acceptors (Lipinski definition) is 5. The lowest BCUT2D eigenvalue weighted by molar-refractivity contribution is -0.152. The van der Waals surface area contributed by atoms with E-state index in [0.29, 0.717) is 45.3 Å². The van der Waals surface area contributed by atoms with Crippen LogP contribution >= 0.6 is 0 Å². The van der Waals surface area contributed by atoms with Gasteiger partial charge in [0.25, 0.3) is 0 Å². The summed E-state index contributed by atoms with van der Waals surface area (Å²) in [7, 11) is 0. The summed E-state index contributed by atoms with van der Waals surface area (Å²) >= 11 is 0. The topological polar surface area (TPSA) is 90.4 Å². The Morgan fingerprint density at radius 3 is 2.44 bits per heavy atom. The number of rotatable bonds is 14. The van der Waals surface area contributed by atoms with Crippen molar-refractivity contribution in [1.29, 1.82) is 0 Å². The molecule has 1 aromatic rings. The van der Waals surface area contributed by atoms with E-state index in [9.17, 15) is 19.5 Å². The number of aliphatic hydroxyl groups is 1. The predicted octanol–water partition coefficient (Wildman–Crippen LogP) is 3.56. The predicted molar refractivity (Wildman–Crippen MR) is 151 cm³/mol. The summed E-state index contributed by atoms with van der Waals surface area (Å²) < 4.78 is 6.89. The molecule has 8 heteroatoms. The highest BCUT2D eigenvalue weighted by Gasteiger charge is 2.79. The highest BCUT2D eigenvalue weighted by atomic mass is 16.5. The van der Waals surface area contributed by atoms with Crippen LogP contribution in [0, 0.1) is 11.8 Å². The van der Waals surface area contributed by atoms with Gasteiger partial charge in [-0.2, -0.15) is 0 Å². The summed E-state index contributed by atoms with van der Waals surface area (Å²) in [4.78, 5) is 48.0. The van der Waals surface area contributed by atoms with Crippen LogP contribution in [0.25, 0.3) is 0 Å². The fourth-order valence-electron chi connectivity index (χ4n) is 7.05. The second kappa shape index (κ2) is 12.0. The Hall–Kier alpha value is -2.97. The summed E-state index contributed by atoms with van der Waals surface area (Å²) in [6.07, 6.45) is 7.21. The molecule has 1 aromatic carbocycles. The lowest BCUT2D eigenvalue weighted by Crippen LogP contribution is -2.56. The summed E-state index contributed by atoms with van der Waals surface area (Å²) in [5, 5.41) is 9.61. The number of carbonyl (C=O) groups is 3. The number of benzene rings is 1. The fraction of sp³-hybridized carbons (Fsp3) is 0.581. The monoisotopic (exact) mass is 537 g/mol. The number of aliphatic hydroxyl groups excluding tert-OH is 1. The molecule has 3 saturated heterocycles. The zero-order valence-corrected chi connectivity index (χ0v) is 23.4. The Morgan fingerprint density at radius 1 is 1.10 bits per heavy atom. The number of likely N-dealkylation sites (tertiary alicyclic amines) is 1. The Labute approximate surface area is 232 Å². The van der Waals surface area contributed by atoms with Crippen LogP contribution in [0.2, 0.25) is 0 Å². The van der Waals surface area contributed by atoms with Crippen molar-refractivity contribution in [3.05, 3.63) is 55.6 Å². The van der Waals surface area contributed by atoms with Gasteiger partial charge in [0.1, 0.15) is 11.6 Å². The van der Waals surface area contributed by atoms with Gasteiger partial charge in [-0.25, -0.2) is 0 Å². The molecule has 5 atom stereocenters. The van der Waals surface area contributed by atoms with Crippen molar-refractivity contribution < 1.29 is 24.2 Å². The summed E-state index contributed by atoms with van der Waals surface area (Å²) in [6, 6.07) is 8.57. The molecule has 4 rings (SSSR count). The van der Waals surface area contributed by atoms with E-state index in [2.05, 4.69) is 20.1 Å². The van der Waals surface area contributed by atoms with E-state index >= 15 is 0 Å². The van der Waals surface area contributed by atoms with Crippen LogP contribution in [0.1, 0.15) is 52.4 Å². The maximum atomic E-state index is 14.4. The lowest BCUT2D eigenvalue weighted by atomic mass is 9.64. The summed E-state index contributed by atoms with van der Waals surface area (Å²) in [5.41, 5.74) is -1.17. The van der Waals surface area contributed by atoms with E-state index in [-0.39, 0.29) is 30.9 Å². The highest BCUT2D eigenvalue weighted by molar-refractivity contribution is 6.03. The highest BCUT2D eigenvalue weighted by Crippen LogP contribution is 2.64. The molecule has 3 aliphatic rings. The molecule has 3 aliphatic heterocycles. The minimum Gasteiger partial charge on any atom is -0.396 e. The van der Waals surface area contributed by atoms with E-state index in [1.807, 2.05) is 37.3 Å². The summed E-state index contributed by atoms with van der Waals surface area (Å²) in [6.45, 7) is 13.1. The van der Waals surface area contributed by atoms with Gasteiger partial charge < -0.3 is 24.5 Å².